The molecule has 2 nitrogen and oxygen atoms in total. The van der Waals surface area contributed by atoms with Crippen molar-refractivity contribution >= 4 is 22.9 Å². The van der Waals surface area contributed by atoms with Crippen molar-refractivity contribution in [2.24, 2.45) is 0 Å². The molecule has 17 heavy (non-hydrogen) atoms. The van der Waals surface area contributed by atoms with Gasteiger partial charge in [0.2, 0.25) is 0 Å². The number of halogens is 1. The molecule has 0 fully saturated rings. The van der Waals surface area contributed by atoms with Crippen molar-refractivity contribution in [2.75, 3.05) is 6.54 Å². The number of rotatable bonds is 6. The lowest BCUT2D eigenvalue weighted by Gasteiger charge is -2.16. The molecule has 0 saturated carbocycles. The second-order valence-corrected chi connectivity index (χ2v) is 5.12. The fourth-order valence-electron chi connectivity index (χ4n) is 1.81. The van der Waals surface area contributed by atoms with Crippen molar-refractivity contribution in [3.05, 3.63) is 45.5 Å². The summed E-state index contributed by atoms with van der Waals surface area (Å²) in [5.41, 5.74) is 2.38. The Hall–Kier alpha value is -0.770. The van der Waals surface area contributed by atoms with Gasteiger partial charge in [0.25, 0.3) is 0 Å². The molecule has 0 saturated heterocycles. The third kappa shape index (κ3) is 3.35. The Morgan fingerprint density at radius 2 is 2.35 bits per heavy atom. The molecule has 92 valence electrons. The molecular formula is C13H16ClNOS. The van der Waals surface area contributed by atoms with Crippen molar-refractivity contribution in [1.29, 1.82) is 0 Å². The lowest BCUT2D eigenvalue weighted by atomic mass is 10.0. The minimum Gasteiger partial charge on any atom is -0.453 e. The molecule has 0 aliphatic rings. The van der Waals surface area contributed by atoms with Gasteiger partial charge in [0.1, 0.15) is 0 Å². The van der Waals surface area contributed by atoms with Gasteiger partial charge in [-0.3, -0.25) is 0 Å². The van der Waals surface area contributed by atoms with E-state index < -0.39 is 0 Å². The summed E-state index contributed by atoms with van der Waals surface area (Å²) < 4.78 is 5.17. The van der Waals surface area contributed by atoms with Crippen LogP contribution in [0.1, 0.15) is 30.5 Å². The van der Waals surface area contributed by atoms with E-state index in [0.717, 1.165) is 24.9 Å². The molecule has 0 aliphatic carbocycles. The Balaban J connectivity index is 2.11. The number of hydrogen-bond donors (Lipinski definition) is 1. The number of thiophene rings is 1. The Morgan fingerprint density at radius 1 is 1.47 bits per heavy atom. The lowest BCUT2D eigenvalue weighted by molar-refractivity contribution is 0.513. The number of nitrogens with one attached hydrogen (secondary N) is 1. The van der Waals surface area contributed by atoms with Crippen LogP contribution in [0.5, 0.6) is 0 Å². The monoisotopic (exact) mass is 269 g/mol. The van der Waals surface area contributed by atoms with E-state index >= 15 is 0 Å². The molecule has 1 N–H and O–H groups in total. The molecule has 2 rings (SSSR count). The van der Waals surface area contributed by atoms with E-state index in [9.17, 15) is 0 Å². The SMILES string of the molecule is CCCNC(Cc1ccsc1)c1ccoc1Cl. The van der Waals surface area contributed by atoms with Gasteiger partial charge >= 0.3 is 0 Å². The summed E-state index contributed by atoms with van der Waals surface area (Å²) in [6, 6.07) is 4.33. The van der Waals surface area contributed by atoms with Gasteiger partial charge < -0.3 is 9.73 Å². The fourth-order valence-corrected chi connectivity index (χ4v) is 2.74. The third-order valence-corrected chi connectivity index (χ3v) is 3.72. The zero-order valence-electron chi connectivity index (χ0n) is 9.78. The smallest absolute Gasteiger partial charge is 0.197 e. The summed E-state index contributed by atoms with van der Waals surface area (Å²) in [5, 5.41) is 8.28. The van der Waals surface area contributed by atoms with E-state index in [1.807, 2.05) is 6.07 Å². The van der Waals surface area contributed by atoms with Crippen molar-refractivity contribution in [1.82, 2.24) is 5.32 Å². The topological polar surface area (TPSA) is 25.2 Å². The average Bonchev–Trinajstić information content (AvgIpc) is 2.95. The summed E-state index contributed by atoms with van der Waals surface area (Å²) in [7, 11) is 0. The highest BCUT2D eigenvalue weighted by molar-refractivity contribution is 7.07. The predicted octanol–water partition coefficient (Wildman–Crippen LogP) is 4.28. The first-order chi connectivity index (χ1) is 8.31. The van der Waals surface area contributed by atoms with E-state index in [1.54, 1.807) is 17.6 Å². The Kier molecular flexibility index (Phi) is 4.66. The molecule has 0 amide bonds. The van der Waals surface area contributed by atoms with Gasteiger partial charge in [-0.25, -0.2) is 0 Å². The maximum atomic E-state index is 6.05. The molecule has 0 aliphatic heterocycles. The maximum Gasteiger partial charge on any atom is 0.197 e. The second kappa shape index (κ2) is 6.24. The first-order valence-corrected chi connectivity index (χ1v) is 7.10. The number of hydrogen-bond acceptors (Lipinski definition) is 3. The van der Waals surface area contributed by atoms with Gasteiger partial charge in [-0.2, -0.15) is 11.3 Å². The van der Waals surface area contributed by atoms with Gasteiger partial charge in [0.05, 0.1) is 6.26 Å². The molecule has 0 radical (unpaired) electrons. The van der Waals surface area contributed by atoms with Crippen LogP contribution >= 0.6 is 22.9 Å². The van der Waals surface area contributed by atoms with Gasteiger partial charge in [-0.1, -0.05) is 6.92 Å². The second-order valence-electron chi connectivity index (χ2n) is 3.99. The van der Waals surface area contributed by atoms with Crippen LogP contribution in [-0.2, 0) is 6.42 Å². The van der Waals surface area contributed by atoms with Gasteiger partial charge in [0, 0.05) is 11.6 Å². The van der Waals surface area contributed by atoms with E-state index in [0.29, 0.717) is 5.22 Å². The summed E-state index contributed by atoms with van der Waals surface area (Å²) in [6.45, 7) is 3.14. The normalized spacial score (nSPS) is 12.8. The molecule has 0 spiro atoms. The van der Waals surface area contributed by atoms with Gasteiger partial charge in [-0.05, 0) is 59.4 Å². The van der Waals surface area contributed by atoms with E-state index in [-0.39, 0.29) is 6.04 Å². The molecule has 1 unspecified atom stereocenters. The number of furan rings is 1. The highest BCUT2D eigenvalue weighted by Gasteiger charge is 2.16. The van der Waals surface area contributed by atoms with Crippen LogP contribution in [0.2, 0.25) is 5.22 Å². The van der Waals surface area contributed by atoms with E-state index in [2.05, 4.69) is 29.1 Å². The lowest BCUT2D eigenvalue weighted by Crippen LogP contribution is -2.23. The highest BCUT2D eigenvalue weighted by Crippen LogP contribution is 2.27. The summed E-state index contributed by atoms with van der Waals surface area (Å²) in [6.07, 6.45) is 3.70. The zero-order chi connectivity index (χ0) is 12.1. The molecule has 2 heterocycles. The fraction of sp³-hybridized carbons (Fsp3) is 0.385. The Labute approximate surface area is 111 Å². The maximum absolute atomic E-state index is 6.05. The summed E-state index contributed by atoms with van der Waals surface area (Å²) in [5.74, 6) is 0. The van der Waals surface area contributed by atoms with Crippen molar-refractivity contribution in [3.8, 4) is 0 Å². The first-order valence-electron chi connectivity index (χ1n) is 5.78. The standard InChI is InChI=1S/C13H16ClNOS/c1-2-5-15-12(8-10-4-7-17-9-10)11-3-6-16-13(11)14/h3-4,6-7,9,12,15H,2,5,8H2,1H3. The third-order valence-electron chi connectivity index (χ3n) is 2.68. The van der Waals surface area contributed by atoms with Crippen molar-refractivity contribution in [3.63, 3.8) is 0 Å². The van der Waals surface area contributed by atoms with Crippen molar-refractivity contribution < 1.29 is 4.42 Å². The molecule has 2 aromatic rings. The van der Waals surface area contributed by atoms with Crippen LogP contribution in [0.4, 0.5) is 0 Å². The Morgan fingerprint density at radius 3 is 2.94 bits per heavy atom. The van der Waals surface area contributed by atoms with Crippen LogP contribution in [0, 0.1) is 0 Å². The van der Waals surface area contributed by atoms with Crippen molar-refractivity contribution in [2.45, 2.75) is 25.8 Å². The summed E-state index contributed by atoms with van der Waals surface area (Å²) >= 11 is 7.77. The van der Waals surface area contributed by atoms with Crippen LogP contribution in [0.15, 0.2) is 33.6 Å². The molecular weight excluding hydrogens is 254 g/mol. The minimum absolute atomic E-state index is 0.232. The first kappa shape index (κ1) is 12.7. The van der Waals surface area contributed by atoms with Crippen LogP contribution < -0.4 is 5.32 Å². The van der Waals surface area contributed by atoms with Crippen LogP contribution in [0.3, 0.4) is 0 Å². The molecule has 1 atom stereocenters. The highest BCUT2D eigenvalue weighted by atomic mass is 35.5. The predicted molar refractivity (Wildman–Crippen MR) is 72.8 cm³/mol. The van der Waals surface area contributed by atoms with Gasteiger partial charge in [0.15, 0.2) is 5.22 Å². The molecule has 0 aromatic carbocycles. The van der Waals surface area contributed by atoms with Gasteiger partial charge in [-0.15, -0.1) is 0 Å². The molecule has 4 heteroatoms. The zero-order valence-corrected chi connectivity index (χ0v) is 11.4. The van der Waals surface area contributed by atoms with Crippen LogP contribution in [0.25, 0.3) is 0 Å². The minimum atomic E-state index is 0.232. The average molecular weight is 270 g/mol. The quantitative estimate of drug-likeness (QED) is 0.847. The summed E-state index contributed by atoms with van der Waals surface area (Å²) in [4.78, 5) is 0. The molecule has 2 aromatic heterocycles. The van der Waals surface area contributed by atoms with Crippen LogP contribution in [-0.4, -0.2) is 6.54 Å². The molecule has 0 bridgehead atoms. The largest absolute Gasteiger partial charge is 0.453 e. The van der Waals surface area contributed by atoms with E-state index in [1.165, 1.54) is 5.56 Å². The van der Waals surface area contributed by atoms with E-state index in [4.69, 9.17) is 16.0 Å². The Bertz CT molecular complexity index is 438.